The van der Waals surface area contributed by atoms with Gasteiger partial charge in [-0.2, -0.15) is 0 Å². The van der Waals surface area contributed by atoms with E-state index in [-0.39, 0.29) is 17.7 Å². The molecular weight excluding hydrogens is 260 g/mol. The highest BCUT2D eigenvalue weighted by Crippen LogP contribution is 2.22. The summed E-state index contributed by atoms with van der Waals surface area (Å²) in [4.78, 5) is 16.3. The first kappa shape index (κ1) is 15.7. The first-order valence-electron chi connectivity index (χ1n) is 6.31. The van der Waals surface area contributed by atoms with Gasteiger partial charge in [0.15, 0.2) is 5.78 Å². The second kappa shape index (κ2) is 6.20. The van der Waals surface area contributed by atoms with Crippen LogP contribution in [-0.2, 0) is 11.3 Å². The molecule has 104 valence electrons. The van der Waals surface area contributed by atoms with E-state index in [1.54, 1.807) is 10.6 Å². The Kier molecular flexibility index (Phi) is 5.12. The minimum atomic E-state index is -0.0217. The summed E-state index contributed by atoms with van der Waals surface area (Å²) in [5.41, 5.74) is 1.50. The summed E-state index contributed by atoms with van der Waals surface area (Å²) >= 11 is 6.10. The molecule has 0 aliphatic carbocycles. The Balaban J connectivity index is 3.03. The van der Waals surface area contributed by atoms with Gasteiger partial charge in [0.2, 0.25) is 5.28 Å². The molecule has 1 rings (SSSR count). The first-order valence-corrected chi connectivity index (χ1v) is 6.69. The molecule has 4 heteroatoms. The van der Waals surface area contributed by atoms with Gasteiger partial charge >= 0.3 is 0 Å². The highest BCUT2D eigenvalue weighted by molar-refractivity contribution is 6.28. The topological polar surface area (TPSA) is 34.9 Å². The smallest absolute Gasteiger partial charge is 0.204 e. The minimum absolute atomic E-state index is 0.0217. The van der Waals surface area contributed by atoms with Crippen molar-refractivity contribution in [3.8, 4) is 0 Å². The van der Waals surface area contributed by atoms with Crippen molar-refractivity contribution in [1.82, 2.24) is 9.55 Å². The van der Waals surface area contributed by atoms with Gasteiger partial charge in [-0.05, 0) is 36.1 Å². The maximum atomic E-state index is 12.1. The van der Waals surface area contributed by atoms with Gasteiger partial charge in [-0.1, -0.05) is 33.4 Å². The molecular formula is C15H21ClN2O. The number of ketones is 1. The molecule has 1 aromatic rings. The van der Waals surface area contributed by atoms with Crippen molar-refractivity contribution in [2.45, 2.75) is 40.7 Å². The van der Waals surface area contributed by atoms with Crippen LogP contribution in [0.3, 0.4) is 0 Å². The van der Waals surface area contributed by atoms with Crippen LogP contribution in [0.15, 0.2) is 12.7 Å². The van der Waals surface area contributed by atoms with Gasteiger partial charge in [-0.15, -0.1) is 0 Å². The Morgan fingerprint density at radius 1 is 1.47 bits per heavy atom. The Morgan fingerprint density at radius 3 is 2.58 bits per heavy atom. The molecule has 0 saturated heterocycles. The third kappa shape index (κ3) is 4.35. The predicted octanol–water partition coefficient (Wildman–Crippen LogP) is 4.22. The van der Waals surface area contributed by atoms with Crippen LogP contribution in [0.1, 0.15) is 45.5 Å². The van der Waals surface area contributed by atoms with Gasteiger partial charge in [0.05, 0.1) is 17.9 Å². The normalized spacial score (nSPS) is 12.1. The lowest BCUT2D eigenvalue weighted by Gasteiger charge is -2.17. The maximum Gasteiger partial charge on any atom is 0.204 e. The molecule has 0 atom stereocenters. The van der Waals surface area contributed by atoms with Gasteiger partial charge < -0.3 is 4.57 Å². The number of allylic oxidation sites excluding steroid dienone is 1. The zero-order valence-electron chi connectivity index (χ0n) is 12.0. The largest absolute Gasteiger partial charge is 0.307 e. The highest BCUT2D eigenvalue weighted by atomic mass is 35.5. The number of carbonyl (C=O) groups excluding carboxylic acids is 1. The Hall–Kier alpha value is -1.35. The van der Waals surface area contributed by atoms with Crippen LogP contribution in [-0.4, -0.2) is 15.3 Å². The fourth-order valence-corrected chi connectivity index (χ4v) is 2.15. The van der Waals surface area contributed by atoms with Crippen LogP contribution in [0.4, 0.5) is 0 Å². The van der Waals surface area contributed by atoms with Crippen LogP contribution in [0.25, 0.3) is 12.2 Å². The zero-order chi connectivity index (χ0) is 14.6. The molecule has 0 bridgehead atoms. The summed E-state index contributed by atoms with van der Waals surface area (Å²) in [6.45, 7) is 12.0. The third-order valence-corrected chi connectivity index (χ3v) is 2.86. The summed E-state index contributed by atoms with van der Waals surface area (Å²) in [7, 11) is 0. The third-order valence-electron chi connectivity index (χ3n) is 2.57. The Morgan fingerprint density at radius 2 is 2.11 bits per heavy atom. The molecule has 0 radical (unpaired) electrons. The van der Waals surface area contributed by atoms with Crippen molar-refractivity contribution in [3.63, 3.8) is 0 Å². The summed E-state index contributed by atoms with van der Waals surface area (Å²) in [6, 6.07) is 0. The van der Waals surface area contributed by atoms with Crippen LogP contribution in [0, 0.1) is 5.41 Å². The van der Waals surface area contributed by atoms with Gasteiger partial charge in [0, 0.05) is 6.42 Å². The Labute approximate surface area is 120 Å². The molecule has 0 amide bonds. The standard InChI is InChI=1S/C15H21ClN2O/c1-6-8-13-12(7-2)17-14(16)18(13)10-11(19)9-15(3,4)5/h6-8H,2,9-10H2,1,3-5H3. The molecule has 0 aromatic carbocycles. The van der Waals surface area contributed by atoms with E-state index >= 15 is 0 Å². The van der Waals surface area contributed by atoms with Crippen molar-refractivity contribution in [2.24, 2.45) is 5.41 Å². The lowest BCUT2D eigenvalue weighted by atomic mass is 9.90. The number of aromatic nitrogens is 2. The van der Waals surface area contributed by atoms with E-state index in [1.807, 2.05) is 39.8 Å². The zero-order valence-corrected chi connectivity index (χ0v) is 12.8. The average Bonchev–Trinajstić information content (AvgIpc) is 2.55. The van der Waals surface area contributed by atoms with Crippen LogP contribution in [0.2, 0.25) is 5.28 Å². The highest BCUT2D eigenvalue weighted by Gasteiger charge is 2.19. The maximum absolute atomic E-state index is 12.1. The molecule has 0 saturated carbocycles. The van der Waals surface area contributed by atoms with Crippen molar-refractivity contribution < 1.29 is 4.79 Å². The second-order valence-electron chi connectivity index (χ2n) is 5.72. The molecule has 0 aliphatic rings. The SMILES string of the molecule is C=Cc1nc(Cl)n(CC(=O)CC(C)(C)C)c1C=CC. The molecule has 0 aliphatic heterocycles. The molecule has 1 heterocycles. The lowest BCUT2D eigenvalue weighted by Crippen LogP contribution is -2.18. The van der Waals surface area contributed by atoms with Crippen LogP contribution < -0.4 is 0 Å². The molecule has 1 aromatic heterocycles. The predicted molar refractivity (Wildman–Crippen MR) is 81.1 cm³/mol. The van der Waals surface area contributed by atoms with E-state index in [2.05, 4.69) is 11.6 Å². The molecule has 19 heavy (non-hydrogen) atoms. The van der Waals surface area contributed by atoms with Crippen molar-refractivity contribution >= 4 is 29.5 Å². The lowest BCUT2D eigenvalue weighted by molar-refractivity contribution is -0.121. The van der Waals surface area contributed by atoms with E-state index in [0.29, 0.717) is 17.4 Å². The van der Waals surface area contributed by atoms with Gasteiger partial charge in [-0.25, -0.2) is 4.98 Å². The number of hydrogen-bond acceptors (Lipinski definition) is 2. The van der Waals surface area contributed by atoms with Gasteiger partial charge in [-0.3, -0.25) is 4.79 Å². The fourth-order valence-electron chi connectivity index (χ4n) is 1.91. The van der Waals surface area contributed by atoms with Crippen molar-refractivity contribution in [2.75, 3.05) is 0 Å². The average molecular weight is 281 g/mol. The number of hydrogen-bond donors (Lipinski definition) is 0. The van der Waals surface area contributed by atoms with Gasteiger partial charge in [0.1, 0.15) is 0 Å². The number of rotatable bonds is 5. The first-order chi connectivity index (χ1) is 8.78. The fraction of sp³-hybridized carbons (Fsp3) is 0.467. The van der Waals surface area contributed by atoms with E-state index in [1.165, 1.54) is 0 Å². The number of imidazole rings is 1. The number of nitrogens with zero attached hydrogens (tertiary/aromatic N) is 2. The molecule has 0 spiro atoms. The van der Waals surface area contributed by atoms with Crippen molar-refractivity contribution in [3.05, 3.63) is 29.3 Å². The minimum Gasteiger partial charge on any atom is -0.307 e. The summed E-state index contributed by atoms with van der Waals surface area (Å²) in [6.07, 6.45) is 5.94. The van der Waals surface area contributed by atoms with Crippen molar-refractivity contribution in [1.29, 1.82) is 0 Å². The van der Waals surface area contributed by atoms with E-state index in [4.69, 9.17) is 11.6 Å². The second-order valence-corrected chi connectivity index (χ2v) is 6.06. The quantitative estimate of drug-likeness (QED) is 0.809. The monoisotopic (exact) mass is 280 g/mol. The molecule has 0 fully saturated rings. The van der Waals surface area contributed by atoms with Crippen LogP contribution >= 0.6 is 11.6 Å². The number of carbonyl (C=O) groups is 1. The molecule has 0 unspecified atom stereocenters. The summed E-state index contributed by atoms with van der Waals surface area (Å²) in [5.74, 6) is 0.146. The van der Waals surface area contributed by atoms with E-state index in [9.17, 15) is 4.79 Å². The van der Waals surface area contributed by atoms with E-state index < -0.39 is 0 Å². The van der Waals surface area contributed by atoms with Crippen LogP contribution in [0.5, 0.6) is 0 Å². The summed E-state index contributed by atoms with van der Waals surface area (Å²) in [5, 5.41) is 0.324. The number of halogens is 1. The Bertz CT molecular complexity index is 507. The van der Waals surface area contributed by atoms with Gasteiger partial charge in [0.25, 0.3) is 0 Å². The summed E-state index contributed by atoms with van der Waals surface area (Å²) < 4.78 is 1.73. The molecule has 0 N–H and O–H groups in total. The van der Waals surface area contributed by atoms with E-state index in [0.717, 1.165) is 5.69 Å². The molecule has 3 nitrogen and oxygen atoms in total. The number of Topliss-reactive ketones (excluding diaryl/α,β-unsaturated/α-hetero) is 1.